The second kappa shape index (κ2) is 17.3. The molecule has 0 saturated heterocycles. The van der Waals surface area contributed by atoms with Gasteiger partial charge in [-0.15, -0.1) is 12.4 Å². The van der Waals surface area contributed by atoms with Gasteiger partial charge in [0, 0.05) is 10.7 Å². The molecule has 0 aliphatic rings. The van der Waals surface area contributed by atoms with Crippen LogP contribution in [-0.4, -0.2) is 39.6 Å². The standard InChI is InChI=1S/C13H20O2S.C9H13N.C3H7ClO2S.ClH/c1-11(2)16(14,15)10-9-12(3)13-7-5-4-6-8-13;1-8(7-10)9-5-3-2-4-6-9;1-3(2)7(4,5)6;/h4-8,11-12H,9-10H2,1-3H3;2-6,8H,7,10H2,1H3;3H,1-2H3;1H/t12-;8-;;/m00../s1. The minimum absolute atomic E-state index is 0. The van der Waals surface area contributed by atoms with Gasteiger partial charge in [-0.2, -0.15) is 0 Å². The fourth-order valence-corrected chi connectivity index (χ4v) is 3.60. The van der Waals surface area contributed by atoms with Gasteiger partial charge in [0.15, 0.2) is 9.84 Å². The number of halogens is 2. The zero-order chi connectivity index (χ0) is 25.7. The van der Waals surface area contributed by atoms with E-state index >= 15 is 0 Å². The molecule has 0 spiro atoms. The summed E-state index contributed by atoms with van der Waals surface area (Å²) in [6.07, 6.45) is 0.699. The van der Waals surface area contributed by atoms with Gasteiger partial charge in [-0.3, -0.25) is 0 Å². The molecule has 0 amide bonds. The lowest BCUT2D eigenvalue weighted by Crippen LogP contribution is -2.18. The highest BCUT2D eigenvalue weighted by Gasteiger charge is 2.17. The van der Waals surface area contributed by atoms with Crippen LogP contribution in [0.25, 0.3) is 0 Å². The van der Waals surface area contributed by atoms with Crippen molar-refractivity contribution in [2.45, 2.75) is 70.3 Å². The van der Waals surface area contributed by atoms with Crippen LogP contribution in [0.1, 0.15) is 70.9 Å². The van der Waals surface area contributed by atoms with E-state index in [1.165, 1.54) is 25.0 Å². The number of hydrogen-bond donors (Lipinski definition) is 1. The Bertz CT molecular complexity index is 982. The van der Waals surface area contributed by atoms with E-state index in [2.05, 4.69) is 26.0 Å². The van der Waals surface area contributed by atoms with E-state index in [-0.39, 0.29) is 23.4 Å². The zero-order valence-corrected chi connectivity index (χ0v) is 24.2. The quantitative estimate of drug-likeness (QED) is 0.396. The molecule has 2 aromatic carbocycles. The lowest BCUT2D eigenvalue weighted by atomic mass is 9.99. The maximum atomic E-state index is 11.7. The molecule has 0 aliphatic heterocycles. The Kier molecular flexibility index (Phi) is 17.9. The number of sulfone groups is 1. The molecule has 0 radical (unpaired) electrons. The first-order chi connectivity index (χ1) is 15.2. The fourth-order valence-electron chi connectivity index (χ4n) is 2.44. The third kappa shape index (κ3) is 15.0. The Balaban J connectivity index is 0. The molecule has 0 heterocycles. The summed E-state index contributed by atoms with van der Waals surface area (Å²) in [5.41, 5.74) is 8.04. The predicted octanol–water partition coefficient (Wildman–Crippen LogP) is 6.14. The third-order valence-corrected chi connectivity index (χ3v) is 9.64. The molecule has 2 N–H and O–H groups in total. The van der Waals surface area contributed by atoms with Gasteiger partial charge >= 0.3 is 0 Å². The molecule has 0 aliphatic carbocycles. The number of hydrogen-bond acceptors (Lipinski definition) is 5. The van der Waals surface area contributed by atoms with Gasteiger partial charge in [-0.25, -0.2) is 16.8 Å². The Morgan fingerprint density at radius 3 is 1.35 bits per heavy atom. The summed E-state index contributed by atoms with van der Waals surface area (Å²) in [7, 11) is -1.33. The second-order valence-corrected chi connectivity index (χ2v) is 14.4. The summed E-state index contributed by atoms with van der Waals surface area (Å²) in [6.45, 7) is 11.5. The molecular formula is C25H41Cl2NO4S2. The van der Waals surface area contributed by atoms with Gasteiger partial charge < -0.3 is 5.73 Å². The topological polar surface area (TPSA) is 94.3 Å². The minimum Gasteiger partial charge on any atom is -0.330 e. The molecule has 9 heteroatoms. The first-order valence-corrected chi connectivity index (χ1v) is 15.3. The maximum Gasteiger partial charge on any atom is 0.234 e. The van der Waals surface area contributed by atoms with Crippen molar-refractivity contribution in [3.63, 3.8) is 0 Å². The maximum absolute atomic E-state index is 11.7. The molecule has 2 aromatic rings. The lowest BCUT2D eigenvalue weighted by Gasteiger charge is -2.13. The summed E-state index contributed by atoms with van der Waals surface area (Å²) >= 11 is 0. The average molecular weight is 555 g/mol. The van der Waals surface area contributed by atoms with Crippen LogP contribution in [0.15, 0.2) is 60.7 Å². The van der Waals surface area contributed by atoms with Crippen LogP contribution in [0.5, 0.6) is 0 Å². The van der Waals surface area contributed by atoms with Gasteiger partial charge in [0.05, 0.1) is 16.3 Å². The molecule has 196 valence electrons. The highest BCUT2D eigenvalue weighted by atomic mass is 35.7. The van der Waals surface area contributed by atoms with Crippen molar-refractivity contribution >= 4 is 42.0 Å². The Morgan fingerprint density at radius 1 is 0.706 bits per heavy atom. The monoisotopic (exact) mass is 553 g/mol. The van der Waals surface area contributed by atoms with Crippen molar-refractivity contribution in [2.75, 3.05) is 12.3 Å². The van der Waals surface area contributed by atoms with Crippen molar-refractivity contribution in [3.8, 4) is 0 Å². The summed E-state index contributed by atoms with van der Waals surface area (Å²) in [4.78, 5) is 0. The Morgan fingerprint density at radius 2 is 1.06 bits per heavy atom. The van der Waals surface area contributed by atoms with Gasteiger partial charge in [0.25, 0.3) is 0 Å². The predicted molar refractivity (Wildman–Crippen MR) is 149 cm³/mol. The van der Waals surface area contributed by atoms with Crippen LogP contribution in [0, 0.1) is 0 Å². The van der Waals surface area contributed by atoms with E-state index < -0.39 is 24.1 Å². The van der Waals surface area contributed by atoms with Gasteiger partial charge in [0.2, 0.25) is 9.05 Å². The van der Waals surface area contributed by atoms with Crippen molar-refractivity contribution in [3.05, 3.63) is 71.8 Å². The summed E-state index contributed by atoms with van der Waals surface area (Å²) in [6, 6.07) is 20.4. The SMILES string of the molecule is CC(C)S(=O)(=O)CC[C@H](C)c1ccccc1.CC(C)S(=O)(=O)Cl.C[C@@H](CN)c1ccccc1.Cl. The average Bonchev–Trinajstić information content (AvgIpc) is 2.78. The van der Waals surface area contributed by atoms with E-state index in [9.17, 15) is 16.8 Å². The summed E-state index contributed by atoms with van der Waals surface area (Å²) in [5.74, 6) is 1.07. The Hall–Kier alpha value is -1.12. The van der Waals surface area contributed by atoms with Crippen LogP contribution in [0.4, 0.5) is 0 Å². The van der Waals surface area contributed by atoms with Crippen molar-refractivity contribution in [2.24, 2.45) is 5.73 Å². The molecule has 34 heavy (non-hydrogen) atoms. The Labute approximate surface area is 218 Å². The minimum atomic E-state index is -3.27. The molecule has 0 fully saturated rings. The van der Waals surface area contributed by atoms with Crippen molar-refractivity contribution in [1.29, 1.82) is 0 Å². The highest BCUT2D eigenvalue weighted by Crippen LogP contribution is 2.20. The zero-order valence-electron chi connectivity index (χ0n) is 21.0. The molecule has 0 bridgehead atoms. The first kappa shape index (κ1) is 35.0. The van der Waals surface area contributed by atoms with Crippen LogP contribution < -0.4 is 5.73 Å². The smallest absolute Gasteiger partial charge is 0.234 e. The summed E-state index contributed by atoms with van der Waals surface area (Å²) < 4.78 is 43.5. The molecule has 0 saturated carbocycles. The van der Waals surface area contributed by atoms with Crippen molar-refractivity contribution in [1.82, 2.24) is 0 Å². The van der Waals surface area contributed by atoms with Gasteiger partial charge in [-0.1, -0.05) is 74.5 Å². The van der Waals surface area contributed by atoms with E-state index in [1.807, 2.05) is 48.5 Å². The van der Waals surface area contributed by atoms with Crippen molar-refractivity contribution < 1.29 is 16.8 Å². The largest absolute Gasteiger partial charge is 0.330 e. The molecule has 5 nitrogen and oxygen atoms in total. The third-order valence-electron chi connectivity index (χ3n) is 5.21. The molecule has 0 unspecified atom stereocenters. The molecule has 2 atom stereocenters. The van der Waals surface area contributed by atoms with Crippen LogP contribution in [0.3, 0.4) is 0 Å². The number of nitrogens with two attached hydrogens (primary N) is 1. The van der Waals surface area contributed by atoms with Crippen LogP contribution in [0.2, 0.25) is 0 Å². The van der Waals surface area contributed by atoms with Crippen LogP contribution >= 0.6 is 23.1 Å². The number of rotatable bonds is 8. The van der Waals surface area contributed by atoms with E-state index in [4.69, 9.17) is 16.4 Å². The number of benzene rings is 2. The van der Waals surface area contributed by atoms with E-state index in [0.29, 0.717) is 18.3 Å². The van der Waals surface area contributed by atoms with Crippen LogP contribution in [-0.2, 0) is 18.9 Å². The first-order valence-electron chi connectivity index (χ1n) is 11.2. The van der Waals surface area contributed by atoms with Gasteiger partial charge in [-0.05, 0) is 63.6 Å². The summed E-state index contributed by atoms with van der Waals surface area (Å²) in [5, 5.41) is -0.732. The molecule has 2 rings (SSSR count). The molecule has 0 aromatic heterocycles. The van der Waals surface area contributed by atoms with Gasteiger partial charge in [0.1, 0.15) is 0 Å². The normalized spacial score (nSPS) is 13.0. The fraction of sp³-hybridized carbons (Fsp3) is 0.520. The highest BCUT2D eigenvalue weighted by molar-refractivity contribution is 8.14. The molecular weight excluding hydrogens is 513 g/mol. The second-order valence-electron chi connectivity index (χ2n) is 8.59. The van der Waals surface area contributed by atoms with E-state index in [1.54, 1.807) is 13.8 Å². The van der Waals surface area contributed by atoms with E-state index in [0.717, 1.165) is 6.54 Å². The lowest BCUT2D eigenvalue weighted by molar-refractivity contribution is 0.579.